The number of oxime groups is 1. The van der Waals surface area contributed by atoms with Gasteiger partial charge in [0, 0.05) is 22.5 Å². The summed E-state index contributed by atoms with van der Waals surface area (Å²) in [6.07, 6.45) is -0.1000. The Kier molecular flexibility index (Phi) is 6.29. The van der Waals surface area contributed by atoms with Crippen LogP contribution < -0.4 is 0 Å². The average Bonchev–Trinajstić information content (AvgIpc) is 2.39. The molecule has 1 aromatic carbocycles. The van der Waals surface area contributed by atoms with Crippen molar-refractivity contribution in [3.8, 4) is 0 Å². The van der Waals surface area contributed by atoms with Crippen molar-refractivity contribution >= 4 is 33.3 Å². The van der Waals surface area contributed by atoms with Crippen LogP contribution in [0.4, 0.5) is 5.69 Å². The molecule has 0 spiro atoms. The normalized spacial score (nSPS) is 11.5. The van der Waals surface area contributed by atoms with E-state index in [1.54, 1.807) is 26.0 Å². The Balaban J connectivity index is 2.83. The van der Waals surface area contributed by atoms with Crippen molar-refractivity contribution < 1.29 is 19.7 Å². The number of nitrogens with zero attached hydrogens (tertiary/aromatic N) is 2. The topological polar surface area (TPSA) is 102 Å². The molecule has 1 rings (SSSR count). The van der Waals surface area contributed by atoms with E-state index in [1.807, 2.05) is 0 Å². The fourth-order valence-electron chi connectivity index (χ4n) is 1.65. The van der Waals surface area contributed by atoms with Gasteiger partial charge in [-0.25, -0.2) is 4.79 Å². The predicted molar refractivity (Wildman–Crippen MR) is 79.6 cm³/mol. The van der Waals surface area contributed by atoms with Gasteiger partial charge in [-0.05, 0) is 26.3 Å². The zero-order valence-corrected chi connectivity index (χ0v) is 13.2. The second kappa shape index (κ2) is 7.72. The lowest BCUT2D eigenvalue weighted by molar-refractivity contribution is -0.385. The van der Waals surface area contributed by atoms with E-state index >= 15 is 0 Å². The molecule has 0 radical (unpaired) electrons. The molecule has 0 aromatic heterocycles. The fraction of sp³-hybridized carbons (Fsp3) is 0.385. The summed E-state index contributed by atoms with van der Waals surface area (Å²) in [7, 11) is 0. The lowest BCUT2D eigenvalue weighted by atomic mass is 10.1. The van der Waals surface area contributed by atoms with Crippen molar-refractivity contribution in [2.75, 3.05) is 0 Å². The number of nitro groups is 1. The van der Waals surface area contributed by atoms with Crippen LogP contribution in [0.3, 0.4) is 0 Å². The van der Waals surface area contributed by atoms with Crippen molar-refractivity contribution in [1.29, 1.82) is 0 Å². The number of carbonyl (C=O) groups excluding carboxylic acids is 1. The molecule has 1 N–H and O–H groups in total. The molecule has 0 fully saturated rings. The quantitative estimate of drug-likeness (QED) is 0.276. The Labute approximate surface area is 129 Å². The van der Waals surface area contributed by atoms with Gasteiger partial charge >= 0.3 is 5.97 Å². The van der Waals surface area contributed by atoms with Gasteiger partial charge in [0.15, 0.2) is 5.71 Å². The fourth-order valence-corrected chi connectivity index (χ4v) is 2.00. The standard InChI is InChI=1S/C13H15BrN2O5/c1-8(2)21-13(17)11(15-18)6-4-9-3-5-10(14)7-12(9)16(19)20/h3,5,7-8,18H,4,6H2,1-2H3. The van der Waals surface area contributed by atoms with Crippen molar-refractivity contribution in [3.63, 3.8) is 0 Å². The highest BCUT2D eigenvalue weighted by Gasteiger charge is 2.19. The van der Waals surface area contributed by atoms with Crippen molar-refractivity contribution in [3.05, 3.63) is 38.3 Å². The van der Waals surface area contributed by atoms with E-state index < -0.39 is 10.9 Å². The van der Waals surface area contributed by atoms with E-state index in [4.69, 9.17) is 9.94 Å². The van der Waals surface area contributed by atoms with Crippen LogP contribution in [0.1, 0.15) is 25.8 Å². The van der Waals surface area contributed by atoms with Crippen LogP contribution in [0, 0.1) is 10.1 Å². The summed E-state index contributed by atoms with van der Waals surface area (Å²) >= 11 is 3.17. The number of carbonyl (C=O) groups is 1. The van der Waals surface area contributed by atoms with E-state index in [9.17, 15) is 14.9 Å². The molecule has 0 aliphatic rings. The number of halogens is 1. The third kappa shape index (κ3) is 5.14. The van der Waals surface area contributed by atoms with E-state index in [1.165, 1.54) is 6.07 Å². The van der Waals surface area contributed by atoms with Gasteiger partial charge in [-0.2, -0.15) is 0 Å². The Bertz CT molecular complexity index is 572. The number of esters is 1. The number of benzene rings is 1. The number of nitro benzene ring substituents is 1. The van der Waals surface area contributed by atoms with Gasteiger partial charge in [0.05, 0.1) is 11.0 Å². The molecule has 114 valence electrons. The maximum absolute atomic E-state index is 11.6. The highest BCUT2D eigenvalue weighted by atomic mass is 79.9. The van der Waals surface area contributed by atoms with Crippen LogP contribution in [0.15, 0.2) is 27.8 Å². The Morgan fingerprint density at radius 1 is 1.52 bits per heavy atom. The Morgan fingerprint density at radius 2 is 2.19 bits per heavy atom. The minimum absolute atomic E-state index is 0.0462. The van der Waals surface area contributed by atoms with Gasteiger partial charge < -0.3 is 9.94 Å². The van der Waals surface area contributed by atoms with Gasteiger partial charge in [0.25, 0.3) is 5.69 Å². The first-order valence-electron chi connectivity index (χ1n) is 6.20. The largest absolute Gasteiger partial charge is 0.458 e. The van der Waals surface area contributed by atoms with E-state index in [0.29, 0.717) is 10.0 Å². The van der Waals surface area contributed by atoms with Crippen LogP contribution in [-0.4, -0.2) is 27.9 Å². The molecule has 0 bridgehead atoms. The average molecular weight is 359 g/mol. The zero-order chi connectivity index (χ0) is 16.0. The summed E-state index contributed by atoms with van der Waals surface area (Å²) in [5.74, 6) is -0.729. The third-order valence-corrected chi connectivity index (χ3v) is 3.07. The molecule has 8 heteroatoms. The summed E-state index contributed by atoms with van der Waals surface area (Å²) < 4.78 is 5.51. The first-order valence-corrected chi connectivity index (χ1v) is 6.99. The lowest BCUT2D eigenvalue weighted by Crippen LogP contribution is -2.22. The number of hydrogen-bond donors (Lipinski definition) is 1. The first kappa shape index (κ1) is 17.1. The molecule has 7 nitrogen and oxygen atoms in total. The molecule has 0 aliphatic heterocycles. The zero-order valence-electron chi connectivity index (χ0n) is 11.6. The Morgan fingerprint density at radius 3 is 2.71 bits per heavy atom. The summed E-state index contributed by atoms with van der Waals surface area (Å²) in [5, 5.41) is 22.7. The molecule has 0 unspecified atom stereocenters. The van der Waals surface area contributed by atoms with Crippen LogP contribution in [-0.2, 0) is 16.0 Å². The second-order valence-corrected chi connectivity index (χ2v) is 5.45. The van der Waals surface area contributed by atoms with E-state index in [-0.39, 0.29) is 30.3 Å². The minimum Gasteiger partial charge on any atom is -0.458 e. The van der Waals surface area contributed by atoms with Crippen molar-refractivity contribution in [2.45, 2.75) is 32.8 Å². The Hall–Kier alpha value is -1.96. The van der Waals surface area contributed by atoms with Crippen molar-refractivity contribution in [1.82, 2.24) is 0 Å². The van der Waals surface area contributed by atoms with Crippen LogP contribution >= 0.6 is 15.9 Å². The summed E-state index contributed by atoms with van der Waals surface area (Å²) in [5.41, 5.74) is 0.224. The highest BCUT2D eigenvalue weighted by Crippen LogP contribution is 2.24. The van der Waals surface area contributed by atoms with Gasteiger partial charge in [-0.1, -0.05) is 27.2 Å². The maximum Gasteiger partial charge on any atom is 0.356 e. The number of ether oxygens (including phenoxy) is 1. The molecule has 0 amide bonds. The van der Waals surface area contributed by atoms with Crippen LogP contribution in [0.25, 0.3) is 0 Å². The maximum atomic E-state index is 11.6. The van der Waals surface area contributed by atoms with E-state index in [2.05, 4.69) is 21.1 Å². The SMILES string of the molecule is CC(C)OC(=O)C(CCc1ccc(Br)cc1[N+](=O)[O-])=NO. The molecule has 0 saturated carbocycles. The number of rotatable bonds is 6. The minimum atomic E-state index is -0.729. The summed E-state index contributed by atoms with van der Waals surface area (Å²) in [6.45, 7) is 3.35. The second-order valence-electron chi connectivity index (χ2n) is 4.53. The lowest BCUT2D eigenvalue weighted by Gasteiger charge is -2.09. The van der Waals surface area contributed by atoms with Crippen LogP contribution in [0.5, 0.6) is 0 Å². The summed E-state index contributed by atoms with van der Waals surface area (Å²) in [4.78, 5) is 22.1. The smallest absolute Gasteiger partial charge is 0.356 e. The highest BCUT2D eigenvalue weighted by molar-refractivity contribution is 9.10. The van der Waals surface area contributed by atoms with Crippen LogP contribution in [0.2, 0.25) is 0 Å². The molecule has 0 saturated heterocycles. The molecule has 0 aliphatic carbocycles. The number of aryl methyl sites for hydroxylation is 1. The summed E-state index contributed by atoms with van der Waals surface area (Å²) in [6, 6.07) is 4.65. The van der Waals surface area contributed by atoms with Gasteiger partial charge in [-0.15, -0.1) is 0 Å². The molecular weight excluding hydrogens is 344 g/mol. The number of hydrogen-bond acceptors (Lipinski definition) is 6. The predicted octanol–water partition coefficient (Wildman–Crippen LogP) is 3.07. The molecule has 0 heterocycles. The molecular formula is C13H15BrN2O5. The molecule has 0 atom stereocenters. The first-order chi connectivity index (χ1) is 9.85. The van der Waals surface area contributed by atoms with E-state index in [0.717, 1.165) is 0 Å². The van der Waals surface area contributed by atoms with Crippen molar-refractivity contribution in [2.24, 2.45) is 5.16 Å². The molecule has 1 aromatic rings. The molecule has 21 heavy (non-hydrogen) atoms. The van der Waals surface area contributed by atoms with Gasteiger partial charge in [0.2, 0.25) is 0 Å². The van der Waals surface area contributed by atoms with Gasteiger partial charge in [-0.3, -0.25) is 10.1 Å². The third-order valence-electron chi connectivity index (χ3n) is 2.57. The van der Waals surface area contributed by atoms with Gasteiger partial charge in [0.1, 0.15) is 0 Å². The monoisotopic (exact) mass is 358 g/mol.